The number of aromatic amines is 1. The summed E-state index contributed by atoms with van der Waals surface area (Å²) in [6, 6.07) is 10.8. The van der Waals surface area contributed by atoms with Crippen LogP contribution < -0.4 is 10.5 Å². The number of nitrogens with two attached hydrogens (primary N) is 1. The number of imide groups is 1. The van der Waals surface area contributed by atoms with Gasteiger partial charge in [-0.15, -0.1) is 0 Å². The van der Waals surface area contributed by atoms with Crippen LogP contribution in [0.2, 0.25) is 0 Å². The number of ether oxygens (including phenoxy) is 1. The van der Waals surface area contributed by atoms with Crippen LogP contribution in [0.4, 0.5) is 0 Å². The van der Waals surface area contributed by atoms with Gasteiger partial charge in [-0.1, -0.05) is 24.3 Å². The van der Waals surface area contributed by atoms with E-state index in [9.17, 15) is 19.5 Å². The zero-order valence-electron chi connectivity index (χ0n) is 15.4. The quantitative estimate of drug-likeness (QED) is 0.526. The average Bonchev–Trinajstić information content (AvgIpc) is 3.24. The molecule has 4 rings (SSSR count). The number of rotatable bonds is 7. The van der Waals surface area contributed by atoms with Crippen molar-refractivity contribution in [1.29, 1.82) is 0 Å². The van der Waals surface area contributed by atoms with E-state index >= 15 is 0 Å². The Labute approximate surface area is 165 Å². The number of hydrogen-bond donors (Lipinski definition) is 3. The fourth-order valence-corrected chi connectivity index (χ4v) is 3.64. The number of carboxylic acid groups (broad SMARTS) is 1. The molecule has 0 saturated carbocycles. The summed E-state index contributed by atoms with van der Waals surface area (Å²) in [7, 11) is 0. The summed E-state index contributed by atoms with van der Waals surface area (Å²) in [5, 5.41) is 10.7. The van der Waals surface area contributed by atoms with Gasteiger partial charge in [-0.3, -0.25) is 14.5 Å². The second-order valence-corrected chi connectivity index (χ2v) is 6.71. The Hall–Kier alpha value is -3.65. The molecule has 1 atom stereocenters. The normalized spacial score (nSPS) is 14.3. The number of nitrogens with zero attached hydrogens (tertiary/aromatic N) is 1. The molecule has 3 aromatic rings. The van der Waals surface area contributed by atoms with Crippen LogP contribution in [0.3, 0.4) is 0 Å². The molecule has 4 N–H and O–H groups in total. The molecule has 1 aliphatic rings. The summed E-state index contributed by atoms with van der Waals surface area (Å²) in [5.41, 5.74) is 7.23. The van der Waals surface area contributed by atoms with E-state index in [4.69, 9.17) is 10.5 Å². The fourth-order valence-electron chi connectivity index (χ4n) is 3.64. The molecular weight excluding hydrogens is 374 g/mol. The monoisotopic (exact) mass is 393 g/mol. The summed E-state index contributed by atoms with van der Waals surface area (Å²) < 4.78 is 5.49. The van der Waals surface area contributed by atoms with Gasteiger partial charge in [-0.05, 0) is 23.8 Å². The van der Waals surface area contributed by atoms with Crippen LogP contribution in [0.5, 0.6) is 5.75 Å². The fraction of sp³-hybridized carbons (Fsp3) is 0.190. The number of carbonyl (C=O) groups excluding carboxylic acids is 2. The minimum atomic E-state index is -1.34. The number of para-hydroxylation sites is 1. The molecule has 8 nitrogen and oxygen atoms in total. The van der Waals surface area contributed by atoms with E-state index in [-0.39, 0.29) is 36.4 Å². The maximum atomic E-state index is 13.1. The lowest BCUT2D eigenvalue weighted by molar-refractivity contribution is -0.141. The van der Waals surface area contributed by atoms with Crippen molar-refractivity contribution >= 4 is 28.7 Å². The van der Waals surface area contributed by atoms with E-state index in [2.05, 4.69) is 4.98 Å². The lowest BCUT2D eigenvalue weighted by Crippen LogP contribution is -2.46. The Morgan fingerprint density at radius 1 is 1.14 bits per heavy atom. The molecule has 1 aliphatic heterocycles. The zero-order valence-corrected chi connectivity index (χ0v) is 15.4. The first-order chi connectivity index (χ1) is 14.0. The predicted molar refractivity (Wildman–Crippen MR) is 105 cm³/mol. The Balaban J connectivity index is 1.70. The highest BCUT2D eigenvalue weighted by Crippen LogP contribution is 2.33. The standard InChI is InChI=1S/C21H19N3O5/c22-8-9-29-17-7-3-5-14-18(17)20(26)24(19(14)25)16(21(27)28)10-12-11-23-15-6-2-1-4-13(12)15/h1-7,11,16,23H,8-10,22H2,(H,27,28). The number of carbonyl (C=O) groups is 3. The third kappa shape index (κ3) is 3.13. The largest absolute Gasteiger partial charge is 0.491 e. The summed E-state index contributed by atoms with van der Waals surface area (Å²) in [4.78, 5) is 41.9. The Morgan fingerprint density at radius 3 is 2.69 bits per heavy atom. The number of fused-ring (bicyclic) bond motifs is 2. The van der Waals surface area contributed by atoms with Gasteiger partial charge in [0.05, 0.1) is 11.1 Å². The number of benzene rings is 2. The minimum absolute atomic E-state index is 0.0101. The van der Waals surface area contributed by atoms with E-state index in [1.807, 2.05) is 24.3 Å². The number of nitrogens with one attached hydrogen (secondary N) is 1. The molecule has 0 radical (unpaired) electrons. The molecule has 0 fully saturated rings. The highest BCUT2D eigenvalue weighted by molar-refractivity contribution is 6.23. The molecule has 0 bridgehead atoms. The molecule has 2 heterocycles. The van der Waals surface area contributed by atoms with Crippen molar-refractivity contribution in [1.82, 2.24) is 9.88 Å². The Bertz CT molecular complexity index is 1120. The summed E-state index contributed by atoms with van der Waals surface area (Å²) in [6.45, 7) is 0.420. The van der Waals surface area contributed by atoms with Crippen molar-refractivity contribution in [3.05, 3.63) is 65.4 Å². The third-order valence-electron chi connectivity index (χ3n) is 4.97. The van der Waals surface area contributed by atoms with E-state index in [0.29, 0.717) is 5.56 Å². The van der Waals surface area contributed by atoms with Crippen molar-refractivity contribution in [2.24, 2.45) is 5.73 Å². The van der Waals surface area contributed by atoms with Gasteiger partial charge in [0.15, 0.2) is 0 Å². The molecule has 0 spiro atoms. The first-order valence-electron chi connectivity index (χ1n) is 9.14. The second-order valence-electron chi connectivity index (χ2n) is 6.71. The molecule has 0 saturated heterocycles. The smallest absolute Gasteiger partial charge is 0.327 e. The highest BCUT2D eigenvalue weighted by atomic mass is 16.5. The van der Waals surface area contributed by atoms with Crippen molar-refractivity contribution < 1.29 is 24.2 Å². The number of aliphatic carboxylic acids is 1. The molecule has 1 unspecified atom stereocenters. The van der Waals surface area contributed by atoms with Gasteiger partial charge >= 0.3 is 5.97 Å². The maximum absolute atomic E-state index is 13.1. The minimum Gasteiger partial charge on any atom is -0.491 e. The number of aromatic nitrogens is 1. The van der Waals surface area contributed by atoms with Crippen LogP contribution >= 0.6 is 0 Å². The number of amides is 2. The second kappa shape index (κ2) is 7.40. The molecule has 1 aromatic heterocycles. The summed E-state index contributed by atoms with van der Waals surface area (Å²) >= 11 is 0. The number of hydrogen-bond acceptors (Lipinski definition) is 5. The van der Waals surface area contributed by atoms with Crippen LogP contribution in [0, 0.1) is 0 Å². The first kappa shape index (κ1) is 18.7. The van der Waals surface area contributed by atoms with Crippen LogP contribution in [-0.2, 0) is 11.2 Å². The lowest BCUT2D eigenvalue weighted by Gasteiger charge is -2.22. The molecule has 8 heteroatoms. The van der Waals surface area contributed by atoms with Gasteiger partial charge in [0.1, 0.15) is 18.4 Å². The van der Waals surface area contributed by atoms with Crippen molar-refractivity contribution in [2.45, 2.75) is 12.5 Å². The molecule has 0 aliphatic carbocycles. The third-order valence-corrected chi connectivity index (χ3v) is 4.97. The lowest BCUT2D eigenvalue weighted by atomic mass is 10.0. The van der Waals surface area contributed by atoms with Crippen molar-refractivity contribution in [3.8, 4) is 5.75 Å². The Morgan fingerprint density at radius 2 is 1.93 bits per heavy atom. The molecule has 2 amide bonds. The van der Waals surface area contributed by atoms with E-state index in [1.54, 1.807) is 18.3 Å². The average molecular weight is 393 g/mol. The van der Waals surface area contributed by atoms with Crippen LogP contribution in [0.15, 0.2) is 48.7 Å². The summed E-state index contributed by atoms with van der Waals surface area (Å²) in [6.07, 6.45) is 1.69. The van der Waals surface area contributed by atoms with Gasteiger partial charge < -0.3 is 20.6 Å². The van der Waals surface area contributed by atoms with Gasteiger partial charge in [0, 0.05) is 30.1 Å². The van der Waals surface area contributed by atoms with Crippen LogP contribution in [0.25, 0.3) is 10.9 Å². The molecule has 2 aromatic carbocycles. The maximum Gasteiger partial charge on any atom is 0.327 e. The predicted octanol–water partition coefficient (Wildman–Crippen LogP) is 1.80. The van der Waals surface area contributed by atoms with Crippen molar-refractivity contribution in [3.63, 3.8) is 0 Å². The zero-order chi connectivity index (χ0) is 20.5. The Kier molecular flexibility index (Phi) is 4.77. The summed E-state index contributed by atoms with van der Waals surface area (Å²) in [5.74, 6) is -2.35. The highest BCUT2D eigenvalue weighted by Gasteiger charge is 2.44. The van der Waals surface area contributed by atoms with Gasteiger partial charge in [-0.25, -0.2) is 4.79 Å². The van der Waals surface area contributed by atoms with E-state index < -0.39 is 23.8 Å². The molecule has 29 heavy (non-hydrogen) atoms. The van der Waals surface area contributed by atoms with Gasteiger partial charge in [-0.2, -0.15) is 0 Å². The topological polar surface area (TPSA) is 126 Å². The van der Waals surface area contributed by atoms with Gasteiger partial charge in [0.25, 0.3) is 11.8 Å². The number of carboxylic acids is 1. The first-order valence-corrected chi connectivity index (χ1v) is 9.14. The van der Waals surface area contributed by atoms with Gasteiger partial charge in [0.2, 0.25) is 0 Å². The molecular formula is C21H19N3O5. The van der Waals surface area contributed by atoms with Crippen LogP contribution in [-0.4, -0.2) is 52.0 Å². The van der Waals surface area contributed by atoms with Crippen molar-refractivity contribution in [2.75, 3.05) is 13.2 Å². The van der Waals surface area contributed by atoms with E-state index in [0.717, 1.165) is 15.8 Å². The molecule has 148 valence electrons. The SMILES string of the molecule is NCCOc1cccc2c1C(=O)N(C(Cc1c[nH]c3ccccc13)C(=O)O)C2=O. The van der Waals surface area contributed by atoms with Crippen LogP contribution in [0.1, 0.15) is 26.3 Å². The van der Waals surface area contributed by atoms with E-state index in [1.165, 1.54) is 6.07 Å². The number of H-pyrrole nitrogens is 1.